The number of Topliss-reactive ketones (excluding diaryl/α,β-unsaturated/α-hetero) is 1. The Labute approximate surface area is 132 Å². The lowest BCUT2D eigenvalue weighted by Gasteiger charge is -2.05. The molecular weight excluding hydrogens is 332 g/mol. The highest BCUT2D eigenvalue weighted by Crippen LogP contribution is 2.17. The fourth-order valence-electron chi connectivity index (χ4n) is 1.64. The normalized spacial score (nSPS) is 10.5. The number of ketones is 1. The van der Waals surface area contributed by atoms with Gasteiger partial charge in [0.15, 0.2) is 12.4 Å². The molecule has 0 aliphatic rings. The van der Waals surface area contributed by atoms with Crippen molar-refractivity contribution in [3.63, 3.8) is 0 Å². The number of esters is 1. The first kappa shape index (κ1) is 17.1. The third-order valence-corrected chi connectivity index (χ3v) is 2.71. The predicted molar refractivity (Wildman–Crippen MR) is 73.0 cm³/mol. The fourth-order valence-corrected chi connectivity index (χ4v) is 1.64. The van der Waals surface area contributed by atoms with Crippen molar-refractivity contribution in [2.45, 2.75) is 6.61 Å². The molecule has 0 radical (unpaired) electrons. The molecule has 2 aromatic rings. The van der Waals surface area contributed by atoms with E-state index in [1.165, 1.54) is 12.1 Å². The number of furan rings is 1. The molecular formula is C14H9F2NO7. The number of rotatable bonds is 7. The SMILES string of the molecule is O=C(COC(=O)c1ccc([N+](=O)[O-])o1)c1ccc(OC(F)F)cc1. The Morgan fingerprint density at radius 1 is 1.17 bits per heavy atom. The molecule has 1 aromatic carbocycles. The van der Waals surface area contributed by atoms with Crippen molar-refractivity contribution in [3.8, 4) is 5.75 Å². The van der Waals surface area contributed by atoms with Crippen LogP contribution in [0.1, 0.15) is 20.9 Å². The summed E-state index contributed by atoms with van der Waals surface area (Å²) in [4.78, 5) is 33.0. The van der Waals surface area contributed by atoms with Crippen LogP contribution in [0.15, 0.2) is 40.8 Å². The summed E-state index contributed by atoms with van der Waals surface area (Å²) in [6.07, 6.45) is 0. The van der Waals surface area contributed by atoms with Gasteiger partial charge in [0.1, 0.15) is 10.7 Å². The third kappa shape index (κ3) is 4.35. The van der Waals surface area contributed by atoms with E-state index in [0.717, 1.165) is 24.3 Å². The van der Waals surface area contributed by atoms with Crippen LogP contribution >= 0.6 is 0 Å². The number of nitro groups is 1. The molecule has 0 amide bonds. The van der Waals surface area contributed by atoms with E-state index in [-0.39, 0.29) is 11.3 Å². The number of halogens is 2. The minimum atomic E-state index is -2.98. The summed E-state index contributed by atoms with van der Waals surface area (Å²) in [6, 6.07) is 6.80. The second kappa shape index (κ2) is 7.31. The molecule has 0 bridgehead atoms. The van der Waals surface area contributed by atoms with Crippen LogP contribution in [0.2, 0.25) is 0 Å². The van der Waals surface area contributed by atoms with Gasteiger partial charge in [-0.1, -0.05) is 0 Å². The van der Waals surface area contributed by atoms with Gasteiger partial charge in [-0.15, -0.1) is 0 Å². The van der Waals surface area contributed by atoms with E-state index in [1.54, 1.807) is 0 Å². The topological polar surface area (TPSA) is 109 Å². The van der Waals surface area contributed by atoms with Crippen molar-refractivity contribution in [1.82, 2.24) is 0 Å². The number of ether oxygens (including phenoxy) is 2. The van der Waals surface area contributed by atoms with E-state index in [2.05, 4.69) is 13.9 Å². The molecule has 0 saturated heterocycles. The van der Waals surface area contributed by atoms with Crippen molar-refractivity contribution >= 4 is 17.6 Å². The van der Waals surface area contributed by atoms with Gasteiger partial charge in [0, 0.05) is 5.56 Å². The summed E-state index contributed by atoms with van der Waals surface area (Å²) in [7, 11) is 0. The molecule has 24 heavy (non-hydrogen) atoms. The van der Waals surface area contributed by atoms with Gasteiger partial charge < -0.3 is 13.9 Å². The maximum absolute atomic E-state index is 12.0. The Balaban J connectivity index is 1.92. The number of benzene rings is 1. The van der Waals surface area contributed by atoms with Crippen molar-refractivity contribution in [2.75, 3.05) is 6.61 Å². The predicted octanol–water partition coefficient (Wildman–Crippen LogP) is 2.83. The van der Waals surface area contributed by atoms with E-state index in [0.29, 0.717) is 0 Å². The summed E-state index contributed by atoms with van der Waals surface area (Å²) in [5, 5.41) is 10.4. The number of carbonyl (C=O) groups excluding carboxylic acids is 2. The maximum atomic E-state index is 12.0. The fraction of sp³-hybridized carbons (Fsp3) is 0.143. The average Bonchev–Trinajstić information content (AvgIpc) is 3.02. The Hall–Kier alpha value is -3.30. The van der Waals surface area contributed by atoms with Crippen LogP contribution in [0.3, 0.4) is 0 Å². The third-order valence-electron chi connectivity index (χ3n) is 2.71. The molecule has 2 rings (SSSR count). The lowest BCUT2D eigenvalue weighted by atomic mass is 10.1. The van der Waals surface area contributed by atoms with Gasteiger partial charge in [-0.25, -0.2) is 4.79 Å². The number of alkyl halides is 2. The quantitative estimate of drug-likeness (QED) is 0.330. The van der Waals surface area contributed by atoms with Crippen molar-refractivity contribution in [2.24, 2.45) is 0 Å². The smallest absolute Gasteiger partial charge is 0.433 e. The number of hydrogen-bond acceptors (Lipinski definition) is 7. The van der Waals surface area contributed by atoms with E-state index < -0.39 is 41.5 Å². The zero-order valence-corrected chi connectivity index (χ0v) is 11.8. The minimum Gasteiger partial charge on any atom is -0.451 e. The second-order valence-corrected chi connectivity index (χ2v) is 4.30. The monoisotopic (exact) mass is 341 g/mol. The Bertz CT molecular complexity index is 755. The van der Waals surface area contributed by atoms with Crippen LogP contribution in [0.5, 0.6) is 5.75 Å². The molecule has 1 heterocycles. The largest absolute Gasteiger partial charge is 0.451 e. The zero-order valence-electron chi connectivity index (χ0n) is 11.8. The van der Waals surface area contributed by atoms with Crippen LogP contribution < -0.4 is 4.74 Å². The first-order valence-electron chi connectivity index (χ1n) is 6.36. The summed E-state index contributed by atoms with van der Waals surface area (Å²) in [5.74, 6) is -2.83. The summed E-state index contributed by atoms with van der Waals surface area (Å²) < 4.78 is 37.4. The highest BCUT2D eigenvalue weighted by molar-refractivity contribution is 5.99. The maximum Gasteiger partial charge on any atom is 0.433 e. The van der Waals surface area contributed by atoms with Gasteiger partial charge in [0.2, 0.25) is 5.76 Å². The molecule has 0 unspecified atom stereocenters. The van der Waals surface area contributed by atoms with Crippen LogP contribution in [-0.4, -0.2) is 29.9 Å². The van der Waals surface area contributed by atoms with Gasteiger partial charge in [-0.05, 0) is 30.3 Å². The molecule has 10 heteroatoms. The standard InChI is InChI=1S/C14H9F2NO7/c15-14(16)23-9-3-1-8(2-4-9)10(18)7-22-13(19)11-5-6-12(24-11)17(20)21/h1-6,14H,7H2. The van der Waals surface area contributed by atoms with E-state index in [4.69, 9.17) is 0 Å². The van der Waals surface area contributed by atoms with Crippen LogP contribution in [0.25, 0.3) is 0 Å². The zero-order chi connectivity index (χ0) is 17.7. The van der Waals surface area contributed by atoms with Crippen LogP contribution in [-0.2, 0) is 4.74 Å². The summed E-state index contributed by atoms with van der Waals surface area (Å²) in [5.41, 5.74) is 0.106. The molecule has 126 valence electrons. The lowest BCUT2D eigenvalue weighted by molar-refractivity contribution is -0.402. The van der Waals surface area contributed by atoms with Gasteiger partial charge in [0.25, 0.3) is 0 Å². The second-order valence-electron chi connectivity index (χ2n) is 4.30. The Kier molecular flexibility index (Phi) is 5.20. The van der Waals surface area contributed by atoms with Gasteiger partial charge >= 0.3 is 18.5 Å². The molecule has 0 aliphatic carbocycles. The Morgan fingerprint density at radius 3 is 2.38 bits per heavy atom. The first-order chi connectivity index (χ1) is 11.4. The Morgan fingerprint density at radius 2 is 1.83 bits per heavy atom. The van der Waals surface area contributed by atoms with Gasteiger partial charge in [0.05, 0.1) is 6.07 Å². The molecule has 0 spiro atoms. The molecule has 0 saturated carbocycles. The van der Waals surface area contributed by atoms with Crippen LogP contribution in [0, 0.1) is 10.1 Å². The van der Waals surface area contributed by atoms with E-state index >= 15 is 0 Å². The van der Waals surface area contributed by atoms with Crippen molar-refractivity contribution in [3.05, 3.63) is 57.8 Å². The summed E-state index contributed by atoms with van der Waals surface area (Å²) in [6.45, 7) is -3.63. The molecule has 1 aromatic heterocycles. The first-order valence-corrected chi connectivity index (χ1v) is 6.36. The highest BCUT2D eigenvalue weighted by atomic mass is 19.3. The van der Waals surface area contributed by atoms with E-state index in [1.807, 2.05) is 0 Å². The molecule has 0 fully saturated rings. The minimum absolute atomic E-state index is 0.106. The van der Waals surface area contributed by atoms with Gasteiger partial charge in [-0.3, -0.25) is 14.9 Å². The van der Waals surface area contributed by atoms with E-state index in [9.17, 15) is 28.5 Å². The number of nitrogens with zero attached hydrogens (tertiary/aromatic N) is 1. The number of carbonyl (C=O) groups is 2. The van der Waals surface area contributed by atoms with Crippen molar-refractivity contribution < 1.29 is 37.2 Å². The molecule has 8 nitrogen and oxygen atoms in total. The van der Waals surface area contributed by atoms with Crippen LogP contribution in [0.4, 0.5) is 14.7 Å². The number of hydrogen-bond donors (Lipinski definition) is 0. The van der Waals surface area contributed by atoms with Crippen molar-refractivity contribution in [1.29, 1.82) is 0 Å². The molecule has 0 N–H and O–H groups in total. The highest BCUT2D eigenvalue weighted by Gasteiger charge is 2.19. The lowest BCUT2D eigenvalue weighted by Crippen LogP contribution is -2.14. The molecule has 0 aliphatic heterocycles. The average molecular weight is 341 g/mol. The summed E-state index contributed by atoms with van der Waals surface area (Å²) >= 11 is 0. The van der Waals surface area contributed by atoms with Gasteiger partial charge in [-0.2, -0.15) is 8.78 Å². The molecule has 0 atom stereocenters.